The second-order valence-electron chi connectivity index (χ2n) is 3.57. The molecule has 1 aliphatic rings. The lowest BCUT2D eigenvalue weighted by atomic mass is 9.92. The van der Waals surface area contributed by atoms with Crippen LogP contribution < -0.4 is 5.56 Å². The van der Waals surface area contributed by atoms with E-state index in [1.54, 1.807) is 13.3 Å². The highest BCUT2D eigenvalue weighted by Crippen LogP contribution is 2.23. The van der Waals surface area contributed by atoms with Crippen molar-refractivity contribution < 1.29 is 4.74 Å². The Bertz CT molecular complexity index is 443. The van der Waals surface area contributed by atoms with Crippen molar-refractivity contribution in [1.29, 1.82) is 0 Å². The molecule has 0 amide bonds. The SMILES string of the molecule is COC1=C(C)Cc2cc[nH]c(=O)c2C1. The van der Waals surface area contributed by atoms with Crippen molar-refractivity contribution in [3.63, 3.8) is 0 Å². The fourth-order valence-corrected chi connectivity index (χ4v) is 1.85. The van der Waals surface area contributed by atoms with Gasteiger partial charge in [-0.25, -0.2) is 0 Å². The van der Waals surface area contributed by atoms with Gasteiger partial charge in [0.1, 0.15) is 0 Å². The first-order valence-corrected chi connectivity index (χ1v) is 4.64. The monoisotopic (exact) mass is 191 g/mol. The van der Waals surface area contributed by atoms with Crippen molar-refractivity contribution in [2.75, 3.05) is 7.11 Å². The Hall–Kier alpha value is -1.51. The second kappa shape index (κ2) is 3.33. The molecular weight excluding hydrogens is 178 g/mol. The van der Waals surface area contributed by atoms with E-state index in [1.807, 2.05) is 13.0 Å². The number of methoxy groups -OCH3 is 1. The van der Waals surface area contributed by atoms with Crippen LogP contribution in [-0.4, -0.2) is 12.1 Å². The number of pyridine rings is 1. The van der Waals surface area contributed by atoms with E-state index in [2.05, 4.69) is 4.98 Å². The Kier molecular flexibility index (Phi) is 2.15. The molecule has 1 aromatic rings. The summed E-state index contributed by atoms with van der Waals surface area (Å²) < 4.78 is 5.24. The summed E-state index contributed by atoms with van der Waals surface area (Å²) in [6, 6.07) is 1.96. The van der Waals surface area contributed by atoms with Crippen LogP contribution in [0.4, 0.5) is 0 Å². The van der Waals surface area contributed by atoms with Gasteiger partial charge in [-0.1, -0.05) is 0 Å². The summed E-state index contributed by atoms with van der Waals surface area (Å²) in [5, 5.41) is 0. The molecule has 3 heteroatoms. The van der Waals surface area contributed by atoms with Gasteiger partial charge in [-0.15, -0.1) is 0 Å². The maximum Gasteiger partial charge on any atom is 0.251 e. The minimum absolute atomic E-state index is 0.00421. The molecule has 0 saturated carbocycles. The molecule has 0 atom stereocenters. The molecule has 0 spiro atoms. The molecule has 0 saturated heterocycles. The number of hydrogen-bond acceptors (Lipinski definition) is 2. The number of ether oxygens (including phenoxy) is 1. The highest BCUT2D eigenvalue weighted by atomic mass is 16.5. The first-order valence-electron chi connectivity index (χ1n) is 4.64. The minimum atomic E-state index is 0.00421. The first-order chi connectivity index (χ1) is 6.72. The average molecular weight is 191 g/mol. The lowest BCUT2D eigenvalue weighted by Gasteiger charge is -2.18. The number of aromatic amines is 1. The van der Waals surface area contributed by atoms with Crippen molar-refractivity contribution in [3.8, 4) is 0 Å². The number of aromatic nitrogens is 1. The molecule has 3 nitrogen and oxygen atoms in total. The summed E-state index contributed by atoms with van der Waals surface area (Å²) in [4.78, 5) is 14.2. The van der Waals surface area contributed by atoms with Crippen LogP contribution >= 0.6 is 0 Å². The Labute approximate surface area is 82.4 Å². The van der Waals surface area contributed by atoms with E-state index >= 15 is 0 Å². The van der Waals surface area contributed by atoms with Gasteiger partial charge in [0, 0.05) is 18.2 Å². The van der Waals surface area contributed by atoms with Gasteiger partial charge in [-0.2, -0.15) is 0 Å². The fourth-order valence-electron chi connectivity index (χ4n) is 1.85. The summed E-state index contributed by atoms with van der Waals surface area (Å²) in [7, 11) is 1.65. The lowest BCUT2D eigenvalue weighted by molar-refractivity contribution is 0.275. The quantitative estimate of drug-likeness (QED) is 0.729. The second-order valence-corrected chi connectivity index (χ2v) is 3.57. The van der Waals surface area contributed by atoms with Crippen LogP contribution in [0.25, 0.3) is 0 Å². The molecule has 0 radical (unpaired) electrons. The highest BCUT2D eigenvalue weighted by Gasteiger charge is 2.17. The highest BCUT2D eigenvalue weighted by molar-refractivity contribution is 5.36. The predicted molar refractivity (Wildman–Crippen MR) is 54.2 cm³/mol. The number of fused-ring (bicyclic) bond motifs is 1. The predicted octanol–water partition coefficient (Wildman–Crippen LogP) is 1.39. The smallest absolute Gasteiger partial charge is 0.251 e. The molecule has 1 heterocycles. The topological polar surface area (TPSA) is 42.1 Å². The van der Waals surface area contributed by atoms with Gasteiger partial charge in [0.25, 0.3) is 5.56 Å². The lowest BCUT2D eigenvalue weighted by Crippen LogP contribution is -2.20. The van der Waals surface area contributed by atoms with E-state index in [1.165, 1.54) is 5.57 Å². The molecule has 0 unspecified atom stereocenters. The third kappa shape index (κ3) is 1.35. The Morgan fingerprint density at radius 2 is 2.21 bits per heavy atom. The average Bonchev–Trinajstić information content (AvgIpc) is 2.17. The van der Waals surface area contributed by atoms with Crippen molar-refractivity contribution in [2.45, 2.75) is 19.8 Å². The van der Waals surface area contributed by atoms with Crippen LogP contribution in [0.5, 0.6) is 0 Å². The number of hydrogen-bond donors (Lipinski definition) is 1. The summed E-state index contributed by atoms with van der Waals surface area (Å²) in [6.07, 6.45) is 3.14. The molecule has 1 N–H and O–H groups in total. The standard InChI is InChI=1S/C11H13NO2/c1-7-5-8-3-4-12-11(13)9(8)6-10(7)14-2/h3-4H,5-6H2,1-2H3,(H,12,13). The van der Waals surface area contributed by atoms with Crippen molar-refractivity contribution in [3.05, 3.63) is 45.1 Å². The Balaban J connectivity index is 2.49. The summed E-state index contributed by atoms with van der Waals surface area (Å²) in [6.45, 7) is 2.04. The minimum Gasteiger partial charge on any atom is -0.501 e. The molecule has 0 bridgehead atoms. The molecule has 0 aliphatic heterocycles. The number of rotatable bonds is 1. The van der Waals surface area contributed by atoms with Crippen LogP contribution in [0.2, 0.25) is 0 Å². The summed E-state index contributed by atoms with van der Waals surface area (Å²) in [5.41, 5.74) is 3.18. The Morgan fingerprint density at radius 3 is 2.93 bits per heavy atom. The van der Waals surface area contributed by atoms with Gasteiger partial charge in [0.2, 0.25) is 0 Å². The molecule has 74 valence electrons. The third-order valence-electron chi connectivity index (χ3n) is 2.68. The van der Waals surface area contributed by atoms with Gasteiger partial charge in [0.15, 0.2) is 0 Å². The zero-order valence-electron chi connectivity index (χ0n) is 8.39. The van der Waals surface area contributed by atoms with Crippen LogP contribution in [0, 0.1) is 0 Å². The zero-order valence-corrected chi connectivity index (χ0v) is 8.39. The summed E-state index contributed by atoms with van der Waals surface area (Å²) in [5.74, 6) is 0.925. The van der Waals surface area contributed by atoms with E-state index in [0.717, 1.165) is 23.3 Å². The van der Waals surface area contributed by atoms with Gasteiger partial charge in [0.05, 0.1) is 12.9 Å². The first kappa shape index (κ1) is 9.06. The molecule has 0 aromatic carbocycles. The molecule has 1 aliphatic carbocycles. The van der Waals surface area contributed by atoms with Gasteiger partial charge < -0.3 is 9.72 Å². The van der Waals surface area contributed by atoms with Crippen LogP contribution in [0.3, 0.4) is 0 Å². The van der Waals surface area contributed by atoms with E-state index in [-0.39, 0.29) is 5.56 Å². The number of allylic oxidation sites excluding steroid dienone is 2. The molecule has 0 fully saturated rings. The molecule has 1 aromatic heterocycles. The maximum absolute atomic E-state index is 11.5. The maximum atomic E-state index is 11.5. The van der Waals surface area contributed by atoms with Crippen molar-refractivity contribution in [1.82, 2.24) is 4.98 Å². The molecule has 2 rings (SSSR count). The summed E-state index contributed by atoms with van der Waals surface area (Å²) >= 11 is 0. The van der Waals surface area contributed by atoms with E-state index < -0.39 is 0 Å². The Morgan fingerprint density at radius 1 is 1.43 bits per heavy atom. The number of nitrogens with one attached hydrogen (secondary N) is 1. The zero-order chi connectivity index (χ0) is 10.1. The van der Waals surface area contributed by atoms with Crippen LogP contribution in [0.15, 0.2) is 28.4 Å². The van der Waals surface area contributed by atoms with E-state index in [4.69, 9.17) is 4.74 Å². The fraction of sp³-hybridized carbons (Fsp3) is 0.364. The van der Waals surface area contributed by atoms with E-state index in [0.29, 0.717) is 6.42 Å². The number of H-pyrrole nitrogens is 1. The molecule has 14 heavy (non-hydrogen) atoms. The van der Waals surface area contributed by atoms with Crippen molar-refractivity contribution in [2.24, 2.45) is 0 Å². The van der Waals surface area contributed by atoms with Crippen molar-refractivity contribution >= 4 is 0 Å². The third-order valence-corrected chi connectivity index (χ3v) is 2.68. The van der Waals surface area contributed by atoms with Crippen LogP contribution in [0.1, 0.15) is 18.1 Å². The van der Waals surface area contributed by atoms with Gasteiger partial charge in [-0.3, -0.25) is 4.79 Å². The van der Waals surface area contributed by atoms with Gasteiger partial charge in [-0.05, 0) is 30.5 Å². The van der Waals surface area contributed by atoms with Crippen LogP contribution in [-0.2, 0) is 17.6 Å². The van der Waals surface area contributed by atoms with Gasteiger partial charge >= 0.3 is 0 Å². The molecular formula is C11H13NO2. The normalized spacial score (nSPS) is 15.3. The van der Waals surface area contributed by atoms with E-state index in [9.17, 15) is 4.79 Å². The largest absolute Gasteiger partial charge is 0.501 e.